The molecule has 0 aromatic heterocycles. The van der Waals surface area contributed by atoms with Gasteiger partial charge in [0.25, 0.3) is 5.91 Å². The van der Waals surface area contributed by atoms with Crippen molar-refractivity contribution < 1.29 is 33.3 Å². The van der Waals surface area contributed by atoms with Gasteiger partial charge in [0.2, 0.25) is 0 Å². The van der Waals surface area contributed by atoms with Crippen LogP contribution < -0.4 is 30.3 Å². The molecule has 3 N–H and O–H groups in total. The van der Waals surface area contributed by atoms with Gasteiger partial charge in [0.05, 0.1) is 26.5 Å². The first kappa shape index (κ1) is 28.1. The Labute approximate surface area is 210 Å². The van der Waals surface area contributed by atoms with Crippen LogP contribution >= 0.6 is 0 Å². The van der Waals surface area contributed by atoms with E-state index in [0.29, 0.717) is 42.3 Å². The lowest BCUT2D eigenvalue weighted by molar-refractivity contribution is -0.139. The van der Waals surface area contributed by atoms with Crippen LogP contribution in [0.4, 0.5) is 5.69 Å². The van der Waals surface area contributed by atoms with Crippen molar-refractivity contribution >= 4 is 29.6 Å². The van der Waals surface area contributed by atoms with Crippen molar-refractivity contribution in [1.82, 2.24) is 10.7 Å². The number of carbonyl (C=O) groups excluding carboxylic acids is 3. The highest BCUT2D eigenvalue weighted by molar-refractivity contribution is 6.35. The molecule has 194 valence electrons. The van der Waals surface area contributed by atoms with Crippen LogP contribution in [0, 0.1) is 0 Å². The largest absolute Gasteiger partial charge is 0.497 e. The second-order valence-electron chi connectivity index (χ2n) is 7.67. The predicted octanol–water partition coefficient (Wildman–Crippen LogP) is 2.10. The van der Waals surface area contributed by atoms with E-state index in [4.69, 9.17) is 18.9 Å². The van der Waals surface area contributed by atoms with E-state index in [1.807, 2.05) is 13.8 Å². The number of amides is 3. The summed E-state index contributed by atoms with van der Waals surface area (Å²) in [4.78, 5) is 36.2. The van der Waals surface area contributed by atoms with Gasteiger partial charge in [0, 0.05) is 24.4 Å². The molecule has 0 unspecified atom stereocenters. The average molecular weight is 501 g/mol. The average Bonchev–Trinajstić information content (AvgIpc) is 2.87. The Morgan fingerprint density at radius 1 is 1.00 bits per heavy atom. The number of ether oxygens (including phenoxy) is 4. The van der Waals surface area contributed by atoms with Crippen LogP contribution in [-0.2, 0) is 19.1 Å². The number of hydrogen-bond donors (Lipinski definition) is 3. The number of rotatable bonds is 13. The first-order chi connectivity index (χ1) is 17.3. The third-order valence-electron chi connectivity index (χ3n) is 4.58. The second-order valence-corrected chi connectivity index (χ2v) is 7.67. The lowest BCUT2D eigenvalue weighted by Gasteiger charge is -2.13. The summed E-state index contributed by atoms with van der Waals surface area (Å²) in [6.07, 6.45) is 1.98. The van der Waals surface area contributed by atoms with Gasteiger partial charge in [-0.05, 0) is 56.7 Å². The molecule has 0 bridgehead atoms. The van der Waals surface area contributed by atoms with Gasteiger partial charge in [-0.3, -0.25) is 14.4 Å². The maximum absolute atomic E-state index is 12.3. The van der Waals surface area contributed by atoms with E-state index in [1.165, 1.54) is 13.3 Å². The van der Waals surface area contributed by atoms with E-state index in [-0.39, 0.29) is 18.5 Å². The van der Waals surface area contributed by atoms with Crippen molar-refractivity contribution in [2.45, 2.75) is 26.4 Å². The van der Waals surface area contributed by atoms with E-state index >= 15 is 0 Å². The summed E-state index contributed by atoms with van der Waals surface area (Å²) < 4.78 is 21.5. The lowest BCUT2D eigenvalue weighted by Crippen LogP contribution is -2.38. The van der Waals surface area contributed by atoms with Gasteiger partial charge in [-0.2, -0.15) is 5.10 Å². The molecule has 0 saturated heterocycles. The predicted molar refractivity (Wildman–Crippen MR) is 135 cm³/mol. The van der Waals surface area contributed by atoms with Crippen LogP contribution in [-0.4, -0.2) is 64.0 Å². The number of nitrogens with one attached hydrogen (secondary N) is 3. The molecule has 2 rings (SSSR count). The van der Waals surface area contributed by atoms with Crippen LogP contribution in [0.1, 0.15) is 25.8 Å². The summed E-state index contributed by atoms with van der Waals surface area (Å²) in [5.74, 6) is -0.837. The van der Waals surface area contributed by atoms with Gasteiger partial charge in [0.1, 0.15) is 5.75 Å². The summed E-state index contributed by atoms with van der Waals surface area (Å²) in [6.45, 7) is 4.31. The molecule has 11 nitrogen and oxygen atoms in total. The molecule has 0 aliphatic rings. The van der Waals surface area contributed by atoms with Crippen LogP contribution in [0.3, 0.4) is 0 Å². The molecule has 0 spiro atoms. The maximum Gasteiger partial charge on any atom is 0.329 e. The lowest BCUT2D eigenvalue weighted by atomic mass is 10.2. The summed E-state index contributed by atoms with van der Waals surface area (Å²) in [7, 11) is 3.01. The number of methoxy groups -OCH3 is 2. The molecule has 36 heavy (non-hydrogen) atoms. The van der Waals surface area contributed by atoms with Crippen LogP contribution in [0.2, 0.25) is 0 Å². The summed E-state index contributed by atoms with van der Waals surface area (Å²) in [6, 6.07) is 11.9. The molecule has 0 saturated carbocycles. The molecule has 0 aliphatic carbocycles. The van der Waals surface area contributed by atoms with Crippen LogP contribution in [0.15, 0.2) is 47.6 Å². The minimum Gasteiger partial charge on any atom is -0.497 e. The van der Waals surface area contributed by atoms with Crippen LogP contribution in [0.25, 0.3) is 0 Å². The smallest absolute Gasteiger partial charge is 0.329 e. The van der Waals surface area contributed by atoms with Crippen LogP contribution in [0.5, 0.6) is 17.2 Å². The molecule has 0 radical (unpaired) electrons. The fourth-order valence-electron chi connectivity index (χ4n) is 2.84. The Morgan fingerprint density at radius 3 is 2.42 bits per heavy atom. The zero-order valence-electron chi connectivity index (χ0n) is 20.8. The molecule has 0 aliphatic heterocycles. The topological polar surface area (TPSA) is 137 Å². The number of hydrazone groups is 1. The number of para-hydroxylation sites is 1. The Balaban J connectivity index is 1.91. The summed E-state index contributed by atoms with van der Waals surface area (Å²) in [5.41, 5.74) is 3.17. The standard InChI is InChI=1S/C25H32N4O7/c1-17(2)35-14-6-13-26-24(31)25(32)29-27-15-18-7-5-8-21(34-4)23(18)36-16-22(30)28-19-9-11-20(33-3)12-10-19/h5,7-12,15,17H,6,13-14,16H2,1-4H3,(H,26,31)(H,28,30)(H,29,32)/b27-15-. The van der Waals surface area contributed by atoms with Gasteiger partial charge in [-0.25, -0.2) is 5.43 Å². The van der Waals surface area contributed by atoms with Gasteiger partial charge in [-0.15, -0.1) is 0 Å². The van der Waals surface area contributed by atoms with Crippen molar-refractivity contribution in [1.29, 1.82) is 0 Å². The molecular weight excluding hydrogens is 468 g/mol. The quantitative estimate of drug-likeness (QED) is 0.166. The zero-order chi connectivity index (χ0) is 26.3. The summed E-state index contributed by atoms with van der Waals surface area (Å²) >= 11 is 0. The van der Waals surface area contributed by atoms with E-state index in [9.17, 15) is 14.4 Å². The van der Waals surface area contributed by atoms with Crippen molar-refractivity contribution in [2.24, 2.45) is 5.10 Å². The number of hydrogen-bond acceptors (Lipinski definition) is 8. The van der Waals surface area contributed by atoms with Gasteiger partial charge >= 0.3 is 11.8 Å². The Bertz CT molecular complexity index is 1040. The van der Waals surface area contributed by atoms with Crippen molar-refractivity contribution in [3.63, 3.8) is 0 Å². The zero-order valence-corrected chi connectivity index (χ0v) is 20.8. The highest BCUT2D eigenvalue weighted by atomic mass is 16.5. The highest BCUT2D eigenvalue weighted by Crippen LogP contribution is 2.30. The van der Waals surface area contributed by atoms with Crippen molar-refractivity contribution in [3.05, 3.63) is 48.0 Å². The van der Waals surface area contributed by atoms with Gasteiger partial charge < -0.3 is 29.6 Å². The fourth-order valence-corrected chi connectivity index (χ4v) is 2.84. The van der Waals surface area contributed by atoms with E-state index in [0.717, 1.165) is 0 Å². The van der Waals surface area contributed by atoms with E-state index in [1.54, 1.807) is 49.6 Å². The molecular formula is C25H32N4O7. The van der Waals surface area contributed by atoms with E-state index in [2.05, 4.69) is 21.2 Å². The third-order valence-corrected chi connectivity index (χ3v) is 4.58. The molecule has 0 heterocycles. The maximum atomic E-state index is 12.3. The summed E-state index contributed by atoms with van der Waals surface area (Å²) in [5, 5.41) is 9.03. The Kier molecular flexibility index (Phi) is 11.7. The highest BCUT2D eigenvalue weighted by Gasteiger charge is 2.14. The SMILES string of the molecule is COc1ccc(NC(=O)COc2c(/C=N\NC(=O)C(=O)NCCCOC(C)C)cccc2OC)cc1. The van der Waals surface area contributed by atoms with Crippen molar-refractivity contribution in [3.8, 4) is 17.2 Å². The minimum atomic E-state index is -0.916. The first-order valence-corrected chi connectivity index (χ1v) is 11.3. The van der Waals surface area contributed by atoms with Crippen molar-refractivity contribution in [2.75, 3.05) is 39.3 Å². The minimum absolute atomic E-state index is 0.103. The van der Waals surface area contributed by atoms with E-state index < -0.39 is 17.7 Å². The molecule has 2 aromatic rings. The van der Waals surface area contributed by atoms with Gasteiger partial charge in [0.15, 0.2) is 18.1 Å². The first-order valence-electron chi connectivity index (χ1n) is 11.3. The Morgan fingerprint density at radius 2 is 1.75 bits per heavy atom. The number of benzene rings is 2. The fraction of sp³-hybridized carbons (Fsp3) is 0.360. The molecule has 0 fully saturated rings. The number of carbonyl (C=O) groups is 3. The monoisotopic (exact) mass is 500 g/mol. The molecule has 0 atom stereocenters. The molecule has 11 heteroatoms. The number of nitrogens with zero attached hydrogens (tertiary/aromatic N) is 1. The number of anilines is 1. The Hall–Kier alpha value is -4.12. The molecule has 3 amide bonds. The second kappa shape index (κ2) is 15.0. The molecule has 2 aromatic carbocycles. The third kappa shape index (κ3) is 9.63. The van der Waals surface area contributed by atoms with Gasteiger partial charge in [-0.1, -0.05) is 6.07 Å². The normalized spacial score (nSPS) is 10.7.